The Balaban J connectivity index is 2.49. The molecule has 1 nitrogen and oxygen atoms in total. The van der Waals surface area contributed by atoms with E-state index in [4.69, 9.17) is 0 Å². The molecule has 0 heterocycles. The smallest absolute Gasteiger partial charge is 0.289 e. The van der Waals surface area contributed by atoms with Gasteiger partial charge < -0.3 is 0 Å². The molecule has 0 fully saturated rings. The van der Waals surface area contributed by atoms with Crippen molar-refractivity contribution in [3.63, 3.8) is 0 Å². The lowest BCUT2D eigenvalue weighted by atomic mass is 10.00. The van der Waals surface area contributed by atoms with Crippen LogP contribution in [0.1, 0.15) is 27.0 Å². The molecule has 0 bridgehead atoms. The summed E-state index contributed by atoms with van der Waals surface area (Å²) in [7, 11) is 0. The van der Waals surface area contributed by atoms with Crippen LogP contribution in [0.3, 0.4) is 0 Å². The number of hydrogen-bond acceptors (Lipinski definition) is 1. The van der Waals surface area contributed by atoms with Crippen LogP contribution in [-0.4, -0.2) is 5.78 Å². The summed E-state index contributed by atoms with van der Waals surface area (Å²) in [5.74, 6) is -2.01. The van der Waals surface area contributed by atoms with E-state index in [0.29, 0.717) is 16.6 Å². The van der Waals surface area contributed by atoms with Crippen molar-refractivity contribution in [2.75, 3.05) is 0 Å². The quantitative estimate of drug-likeness (QED) is 0.534. The Morgan fingerprint density at radius 2 is 1.76 bits per heavy atom. The number of alkyl halides is 3. The molecule has 0 unspecified atom stereocenters. The maximum atomic E-state index is 13.2. The summed E-state index contributed by atoms with van der Waals surface area (Å²) in [4.78, 5) is 12.2. The van der Waals surface area contributed by atoms with Crippen LogP contribution >= 0.6 is 15.9 Å². The number of carbonyl (C=O) groups is 1. The molecule has 21 heavy (non-hydrogen) atoms. The van der Waals surface area contributed by atoms with E-state index in [1.165, 1.54) is 6.07 Å². The number of halogens is 5. The zero-order chi connectivity index (χ0) is 15.8. The van der Waals surface area contributed by atoms with Gasteiger partial charge in [0.15, 0.2) is 5.78 Å². The summed E-state index contributed by atoms with van der Waals surface area (Å²) < 4.78 is 51.7. The van der Waals surface area contributed by atoms with E-state index in [0.717, 1.165) is 11.6 Å². The fourth-order valence-electron chi connectivity index (χ4n) is 1.84. The number of aryl methyl sites for hydroxylation is 1. The van der Waals surface area contributed by atoms with Gasteiger partial charge in [-0.3, -0.25) is 4.79 Å². The van der Waals surface area contributed by atoms with Gasteiger partial charge in [0, 0.05) is 15.6 Å². The molecule has 0 aliphatic carbocycles. The van der Waals surface area contributed by atoms with Crippen LogP contribution in [0.5, 0.6) is 0 Å². The third kappa shape index (κ3) is 3.32. The van der Waals surface area contributed by atoms with Gasteiger partial charge in [-0.2, -0.15) is 13.2 Å². The van der Waals surface area contributed by atoms with Crippen LogP contribution in [-0.2, 0) is 6.18 Å². The molecule has 0 N–H and O–H groups in total. The first-order valence-electron chi connectivity index (χ1n) is 5.88. The van der Waals surface area contributed by atoms with Gasteiger partial charge in [-0.05, 0) is 42.8 Å². The Bertz CT molecular complexity index is 707. The van der Waals surface area contributed by atoms with Crippen molar-refractivity contribution < 1.29 is 22.4 Å². The predicted octanol–water partition coefficient (Wildman–Crippen LogP) is 5.15. The number of benzene rings is 2. The van der Waals surface area contributed by atoms with Crippen LogP contribution in [0, 0.1) is 12.7 Å². The lowest BCUT2D eigenvalue weighted by Gasteiger charge is -2.10. The summed E-state index contributed by atoms with van der Waals surface area (Å²) >= 11 is 3.20. The van der Waals surface area contributed by atoms with Crippen LogP contribution in [0.4, 0.5) is 17.6 Å². The average molecular weight is 361 g/mol. The molecule has 0 aliphatic heterocycles. The lowest BCUT2D eigenvalue weighted by Crippen LogP contribution is -2.11. The van der Waals surface area contributed by atoms with Crippen LogP contribution < -0.4 is 0 Å². The monoisotopic (exact) mass is 360 g/mol. The van der Waals surface area contributed by atoms with Gasteiger partial charge in [0.25, 0.3) is 0 Å². The van der Waals surface area contributed by atoms with E-state index in [1.54, 1.807) is 12.1 Å². The molecule has 2 aromatic rings. The van der Waals surface area contributed by atoms with Gasteiger partial charge >= 0.3 is 6.18 Å². The minimum absolute atomic E-state index is 0.215. The molecule has 2 rings (SSSR count). The molecule has 0 amide bonds. The van der Waals surface area contributed by atoms with E-state index in [9.17, 15) is 22.4 Å². The SMILES string of the molecule is Cc1ccc(C(=O)c2ccc(F)c(C(F)(F)F)c2)c(Br)c1. The van der Waals surface area contributed by atoms with Gasteiger partial charge in [-0.25, -0.2) is 4.39 Å². The Kier molecular flexibility index (Phi) is 4.18. The van der Waals surface area contributed by atoms with E-state index in [2.05, 4.69) is 15.9 Å². The summed E-state index contributed by atoms with van der Waals surface area (Å²) in [5, 5.41) is 0. The molecular formula is C15H9BrF4O. The molecule has 2 aromatic carbocycles. The Morgan fingerprint density at radius 1 is 1.10 bits per heavy atom. The van der Waals surface area contributed by atoms with E-state index in [1.807, 2.05) is 6.92 Å². The summed E-state index contributed by atoms with van der Waals surface area (Å²) in [6.07, 6.45) is -4.84. The van der Waals surface area contributed by atoms with Gasteiger partial charge in [0.2, 0.25) is 0 Å². The van der Waals surface area contributed by atoms with E-state index in [-0.39, 0.29) is 11.1 Å². The van der Waals surface area contributed by atoms with Crippen molar-refractivity contribution in [3.05, 3.63) is 68.9 Å². The van der Waals surface area contributed by atoms with Crippen LogP contribution in [0.25, 0.3) is 0 Å². The fraction of sp³-hybridized carbons (Fsp3) is 0.133. The topological polar surface area (TPSA) is 17.1 Å². The summed E-state index contributed by atoms with van der Waals surface area (Å²) in [6, 6.07) is 7.09. The molecule has 0 aromatic heterocycles. The molecule has 0 saturated heterocycles. The molecular weight excluding hydrogens is 352 g/mol. The summed E-state index contributed by atoms with van der Waals surface area (Å²) in [5.41, 5.74) is -0.543. The van der Waals surface area contributed by atoms with Crippen molar-refractivity contribution in [1.29, 1.82) is 0 Å². The maximum Gasteiger partial charge on any atom is 0.419 e. The maximum absolute atomic E-state index is 13.2. The highest BCUT2D eigenvalue weighted by molar-refractivity contribution is 9.10. The highest BCUT2D eigenvalue weighted by Gasteiger charge is 2.34. The minimum atomic E-state index is -4.84. The molecule has 0 aliphatic rings. The zero-order valence-corrected chi connectivity index (χ0v) is 12.3. The fourth-order valence-corrected chi connectivity index (χ4v) is 2.52. The Hall–Kier alpha value is -1.69. The molecule has 6 heteroatoms. The standard InChI is InChI=1S/C15H9BrF4O/c1-8-2-4-10(12(16)6-8)14(21)9-3-5-13(17)11(7-9)15(18,19)20/h2-7H,1H3. The first kappa shape index (κ1) is 15.7. The minimum Gasteiger partial charge on any atom is -0.289 e. The second-order valence-corrected chi connectivity index (χ2v) is 5.36. The third-order valence-corrected chi connectivity index (χ3v) is 3.56. The average Bonchev–Trinajstić information content (AvgIpc) is 2.37. The van der Waals surface area contributed by atoms with Crippen molar-refractivity contribution >= 4 is 21.7 Å². The van der Waals surface area contributed by atoms with E-state index < -0.39 is 23.3 Å². The first-order valence-corrected chi connectivity index (χ1v) is 6.67. The van der Waals surface area contributed by atoms with Gasteiger partial charge in [0.05, 0.1) is 5.56 Å². The second kappa shape index (κ2) is 5.60. The largest absolute Gasteiger partial charge is 0.419 e. The second-order valence-electron chi connectivity index (χ2n) is 4.50. The predicted molar refractivity (Wildman–Crippen MR) is 73.7 cm³/mol. The zero-order valence-electron chi connectivity index (χ0n) is 10.8. The summed E-state index contributed by atoms with van der Waals surface area (Å²) in [6.45, 7) is 1.82. The first-order chi connectivity index (χ1) is 9.70. The van der Waals surface area contributed by atoms with Crippen molar-refractivity contribution in [1.82, 2.24) is 0 Å². The van der Waals surface area contributed by atoms with Gasteiger partial charge in [0.1, 0.15) is 5.82 Å². The highest BCUT2D eigenvalue weighted by atomic mass is 79.9. The van der Waals surface area contributed by atoms with Crippen LogP contribution in [0.2, 0.25) is 0 Å². The molecule has 110 valence electrons. The van der Waals surface area contributed by atoms with Crippen molar-refractivity contribution in [2.24, 2.45) is 0 Å². The molecule has 0 radical (unpaired) electrons. The molecule has 0 spiro atoms. The highest BCUT2D eigenvalue weighted by Crippen LogP contribution is 2.32. The number of carbonyl (C=O) groups excluding carboxylic acids is 1. The third-order valence-electron chi connectivity index (χ3n) is 2.90. The van der Waals surface area contributed by atoms with Gasteiger partial charge in [-0.1, -0.05) is 22.0 Å². The molecule has 0 saturated carbocycles. The number of hydrogen-bond donors (Lipinski definition) is 0. The Morgan fingerprint density at radius 3 is 2.33 bits per heavy atom. The van der Waals surface area contributed by atoms with Crippen molar-refractivity contribution in [2.45, 2.75) is 13.1 Å². The number of rotatable bonds is 2. The van der Waals surface area contributed by atoms with Crippen molar-refractivity contribution in [3.8, 4) is 0 Å². The Labute approximate surface area is 126 Å². The lowest BCUT2D eigenvalue weighted by molar-refractivity contribution is -0.140. The number of ketones is 1. The molecule has 0 atom stereocenters. The van der Waals surface area contributed by atoms with Gasteiger partial charge in [-0.15, -0.1) is 0 Å². The van der Waals surface area contributed by atoms with E-state index >= 15 is 0 Å². The van der Waals surface area contributed by atoms with Crippen LogP contribution in [0.15, 0.2) is 40.9 Å². The normalized spacial score (nSPS) is 11.5.